The maximum atomic E-state index is 12.6. The van der Waals surface area contributed by atoms with Gasteiger partial charge in [-0.05, 0) is 30.3 Å². The summed E-state index contributed by atoms with van der Waals surface area (Å²) < 4.78 is 46.5. The summed E-state index contributed by atoms with van der Waals surface area (Å²) >= 11 is 0. The highest BCUT2D eigenvalue weighted by molar-refractivity contribution is 7.90. The molecule has 1 aromatic heterocycles. The van der Waals surface area contributed by atoms with Crippen LogP contribution in [-0.2, 0) is 15.6 Å². The summed E-state index contributed by atoms with van der Waals surface area (Å²) in [7, 11) is -0.689. The molecule has 0 aliphatic heterocycles. The Balaban J connectivity index is 1.59. The summed E-state index contributed by atoms with van der Waals surface area (Å²) in [5.41, 5.74) is 0.223. The van der Waals surface area contributed by atoms with E-state index in [9.17, 15) is 18.3 Å². The molecular formula is C23H25NO8S. The number of hydrogen-bond donors (Lipinski definition) is 2. The highest BCUT2D eigenvalue weighted by Gasteiger charge is 2.23. The molecule has 9 nitrogen and oxygen atoms in total. The first-order chi connectivity index (χ1) is 15.9. The molecule has 1 unspecified atom stereocenters. The molecule has 0 radical (unpaired) electrons. The Morgan fingerprint density at radius 2 is 1.70 bits per heavy atom. The molecule has 3 rings (SSSR count). The number of carbonyl (C=O) groups excluding carboxylic acids is 1. The number of hydrogen-bond acceptors (Lipinski definition) is 8. The smallest absolute Gasteiger partial charge is 0.287 e. The van der Waals surface area contributed by atoms with Gasteiger partial charge in [0.25, 0.3) is 5.91 Å². The van der Waals surface area contributed by atoms with Crippen molar-refractivity contribution < 1.29 is 36.9 Å². The molecular weight excluding hydrogens is 450 g/mol. The standard InChI is InChI=1S/C23H25NO8S/c1-29-19-9-6-10-20(30-2)22(19)32-14-17(25)13-24-23(26)21-16(11-12-31-21)15-33(27,28)18-7-4-3-5-8-18/h3-12,17,25H,13-15H2,1-2H3,(H,24,26). The largest absolute Gasteiger partial charge is 0.493 e. The van der Waals surface area contributed by atoms with Crippen LogP contribution >= 0.6 is 0 Å². The number of amides is 1. The van der Waals surface area contributed by atoms with Gasteiger partial charge in [0, 0.05) is 12.1 Å². The summed E-state index contributed by atoms with van der Waals surface area (Å²) in [5, 5.41) is 12.8. The van der Waals surface area contributed by atoms with E-state index in [1.807, 2.05) is 0 Å². The molecule has 0 spiro atoms. The van der Waals surface area contributed by atoms with E-state index >= 15 is 0 Å². The van der Waals surface area contributed by atoms with Crippen LogP contribution in [0.15, 0.2) is 70.2 Å². The average molecular weight is 476 g/mol. The molecule has 0 saturated carbocycles. The number of sulfone groups is 1. The second-order valence-corrected chi connectivity index (χ2v) is 9.00. The van der Waals surface area contributed by atoms with Gasteiger partial charge < -0.3 is 29.1 Å². The van der Waals surface area contributed by atoms with E-state index in [1.54, 1.807) is 36.4 Å². The second-order valence-electron chi connectivity index (χ2n) is 7.01. The number of aliphatic hydroxyl groups is 1. The third-order valence-electron chi connectivity index (χ3n) is 4.70. The van der Waals surface area contributed by atoms with Crippen LogP contribution in [0.25, 0.3) is 0 Å². The zero-order valence-electron chi connectivity index (χ0n) is 18.2. The van der Waals surface area contributed by atoms with Gasteiger partial charge in [0.15, 0.2) is 27.1 Å². The normalized spacial score (nSPS) is 12.1. The lowest BCUT2D eigenvalue weighted by molar-refractivity contribution is 0.0812. The van der Waals surface area contributed by atoms with Crippen molar-refractivity contribution in [2.45, 2.75) is 16.8 Å². The molecule has 0 saturated heterocycles. The van der Waals surface area contributed by atoms with Crippen molar-refractivity contribution in [1.29, 1.82) is 0 Å². The number of methoxy groups -OCH3 is 2. The highest BCUT2D eigenvalue weighted by atomic mass is 32.2. The van der Waals surface area contributed by atoms with Gasteiger partial charge >= 0.3 is 0 Å². The summed E-state index contributed by atoms with van der Waals surface area (Å²) in [4.78, 5) is 12.7. The topological polar surface area (TPSA) is 124 Å². The highest BCUT2D eigenvalue weighted by Crippen LogP contribution is 2.36. The van der Waals surface area contributed by atoms with Crippen LogP contribution in [-0.4, -0.2) is 52.9 Å². The van der Waals surface area contributed by atoms with E-state index in [2.05, 4.69) is 5.32 Å². The number of rotatable bonds is 11. The molecule has 0 fully saturated rings. The van der Waals surface area contributed by atoms with Gasteiger partial charge in [-0.1, -0.05) is 24.3 Å². The molecule has 3 aromatic rings. The first-order valence-corrected chi connectivity index (χ1v) is 11.6. The predicted octanol–water partition coefficient (Wildman–Crippen LogP) is 2.44. The molecule has 10 heteroatoms. The van der Waals surface area contributed by atoms with E-state index in [0.29, 0.717) is 17.2 Å². The lowest BCUT2D eigenvalue weighted by Crippen LogP contribution is -2.35. The van der Waals surface area contributed by atoms with E-state index in [-0.39, 0.29) is 29.4 Å². The molecule has 2 N–H and O–H groups in total. The number of furan rings is 1. The average Bonchev–Trinajstić information content (AvgIpc) is 3.28. The summed E-state index contributed by atoms with van der Waals surface area (Å²) in [6, 6.07) is 14.5. The molecule has 0 bridgehead atoms. The Morgan fingerprint density at radius 1 is 1.03 bits per heavy atom. The van der Waals surface area contributed by atoms with E-state index in [4.69, 9.17) is 18.6 Å². The van der Waals surface area contributed by atoms with Gasteiger partial charge in [0.2, 0.25) is 5.75 Å². The van der Waals surface area contributed by atoms with Crippen LogP contribution in [0.1, 0.15) is 16.1 Å². The third-order valence-corrected chi connectivity index (χ3v) is 6.38. The zero-order valence-corrected chi connectivity index (χ0v) is 19.0. The van der Waals surface area contributed by atoms with Crippen LogP contribution in [0.2, 0.25) is 0 Å². The van der Waals surface area contributed by atoms with Crippen LogP contribution in [0.5, 0.6) is 17.2 Å². The fourth-order valence-corrected chi connectivity index (χ4v) is 4.43. The lowest BCUT2D eigenvalue weighted by Gasteiger charge is -2.17. The first kappa shape index (κ1) is 24.1. The molecule has 33 heavy (non-hydrogen) atoms. The Bertz CT molecular complexity index is 1150. The molecule has 1 amide bonds. The minimum Gasteiger partial charge on any atom is -0.493 e. The molecule has 1 atom stereocenters. The van der Waals surface area contributed by atoms with Crippen molar-refractivity contribution in [2.24, 2.45) is 0 Å². The Kier molecular flexibility index (Phi) is 7.96. The summed E-state index contributed by atoms with van der Waals surface area (Å²) in [6.07, 6.45) is 0.188. The molecule has 2 aromatic carbocycles. The summed E-state index contributed by atoms with van der Waals surface area (Å²) in [5.74, 6) is 0.0274. The predicted molar refractivity (Wildman–Crippen MR) is 119 cm³/mol. The fraction of sp³-hybridized carbons (Fsp3) is 0.261. The quantitative estimate of drug-likeness (QED) is 0.433. The van der Waals surface area contributed by atoms with Gasteiger partial charge in [-0.3, -0.25) is 4.79 Å². The number of aliphatic hydroxyl groups excluding tert-OH is 1. The Morgan fingerprint density at radius 3 is 2.33 bits per heavy atom. The van der Waals surface area contributed by atoms with Crippen molar-refractivity contribution in [2.75, 3.05) is 27.4 Å². The fourth-order valence-electron chi connectivity index (χ4n) is 3.05. The van der Waals surface area contributed by atoms with Crippen LogP contribution in [0.4, 0.5) is 0 Å². The maximum absolute atomic E-state index is 12.6. The molecule has 176 valence electrons. The summed E-state index contributed by atoms with van der Waals surface area (Å²) in [6.45, 7) is -0.299. The van der Waals surface area contributed by atoms with E-state index in [1.165, 1.54) is 38.7 Å². The number of para-hydroxylation sites is 1. The van der Waals surface area contributed by atoms with Crippen LogP contribution < -0.4 is 19.5 Å². The third kappa shape index (κ3) is 6.05. The minimum atomic E-state index is -3.66. The second kappa shape index (κ2) is 10.9. The van der Waals surface area contributed by atoms with Gasteiger partial charge in [-0.15, -0.1) is 0 Å². The van der Waals surface area contributed by atoms with Crippen molar-refractivity contribution >= 4 is 15.7 Å². The maximum Gasteiger partial charge on any atom is 0.287 e. The Labute approximate surface area is 191 Å². The monoisotopic (exact) mass is 475 g/mol. The lowest BCUT2D eigenvalue weighted by atomic mass is 10.2. The minimum absolute atomic E-state index is 0.131. The van der Waals surface area contributed by atoms with Crippen LogP contribution in [0, 0.1) is 0 Å². The van der Waals surface area contributed by atoms with Crippen molar-refractivity contribution in [1.82, 2.24) is 5.32 Å². The first-order valence-electron chi connectivity index (χ1n) is 10.00. The van der Waals surface area contributed by atoms with Gasteiger partial charge in [0.1, 0.15) is 12.7 Å². The van der Waals surface area contributed by atoms with Crippen molar-refractivity contribution in [3.05, 3.63) is 72.2 Å². The Hall–Kier alpha value is -3.50. The van der Waals surface area contributed by atoms with E-state index < -0.39 is 27.6 Å². The van der Waals surface area contributed by atoms with Crippen molar-refractivity contribution in [3.8, 4) is 17.2 Å². The van der Waals surface area contributed by atoms with Gasteiger partial charge in [-0.2, -0.15) is 0 Å². The number of ether oxygens (including phenoxy) is 3. The number of nitrogens with one attached hydrogen (secondary N) is 1. The SMILES string of the molecule is COc1cccc(OC)c1OCC(O)CNC(=O)c1occc1CS(=O)(=O)c1ccccc1. The molecule has 1 heterocycles. The van der Waals surface area contributed by atoms with Gasteiger partial charge in [-0.25, -0.2) is 8.42 Å². The number of benzene rings is 2. The molecule has 0 aliphatic carbocycles. The molecule has 0 aliphatic rings. The van der Waals surface area contributed by atoms with Crippen LogP contribution in [0.3, 0.4) is 0 Å². The van der Waals surface area contributed by atoms with Crippen molar-refractivity contribution in [3.63, 3.8) is 0 Å². The van der Waals surface area contributed by atoms with E-state index in [0.717, 1.165) is 0 Å². The zero-order chi connectivity index (χ0) is 23.8. The number of carbonyl (C=O) groups is 1. The van der Waals surface area contributed by atoms with Gasteiger partial charge in [0.05, 0.1) is 31.1 Å².